The van der Waals surface area contributed by atoms with Crippen molar-refractivity contribution in [2.24, 2.45) is 0 Å². The Bertz CT molecular complexity index is 3570. The van der Waals surface area contributed by atoms with Crippen molar-refractivity contribution < 1.29 is 0 Å². The Labute approximate surface area is 389 Å². The highest BCUT2D eigenvalue weighted by molar-refractivity contribution is 6.18. The fourth-order valence-electron chi connectivity index (χ4n) is 10.1. The summed E-state index contributed by atoms with van der Waals surface area (Å²) < 4.78 is 2.42. The molecule has 320 valence electrons. The lowest BCUT2D eigenvalue weighted by Crippen LogP contribution is -2.16. The van der Waals surface area contributed by atoms with Gasteiger partial charge in [-0.1, -0.05) is 217 Å². The zero-order chi connectivity index (χ0) is 45.2. The van der Waals surface area contributed by atoms with Gasteiger partial charge in [-0.2, -0.15) is 0 Å². The van der Waals surface area contributed by atoms with Crippen molar-refractivity contribution >= 4 is 60.4 Å². The highest BCUT2D eigenvalue weighted by atomic mass is 15.2. The van der Waals surface area contributed by atoms with Gasteiger partial charge in [0.15, 0.2) is 0 Å². The van der Waals surface area contributed by atoms with Crippen LogP contribution in [0.1, 0.15) is 52.7 Å². The molecule has 0 atom stereocenters. The molecule has 11 rings (SSSR count). The molecule has 0 aliphatic heterocycles. The maximum Gasteiger partial charge on any atom is 0.0562 e. The molecule has 2 nitrogen and oxygen atoms in total. The number of aromatic nitrogens is 1. The third kappa shape index (κ3) is 7.05. The van der Waals surface area contributed by atoms with Gasteiger partial charge in [-0.15, -0.1) is 0 Å². The molecule has 0 fully saturated rings. The summed E-state index contributed by atoms with van der Waals surface area (Å²) in [6.45, 7) is 14.0. The van der Waals surface area contributed by atoms with E-state index in [0.717, 1.165) is 33.8 Å². The summed E-state index contributed by atoms with van der Waals surface area (Å²) in [5, 5.41) is 7.32. The molecule has 11 aromatic rings. The van der Waals surface area contributed by atoms with Crippen molar-refractivity contribution in [2.75, 3.05) is 4.90 Å². The summed E-state index contributed by atoms with van der Waals surface area (Å²) in [5.41, 5.74) is 16.7. The molecule has 10 aromatic carbocycles. The highest BCUT2D eigenvalue weighted by Crippen LogP contribution is 2.51. The largest absolute Gasteiger partial charge is 0.309 e. The summed E-state index contributed by atoms with van der Waals surface area (Å²) in [7, 11) is 0. The minimum Gasteiger partial charge on any atom is -0.309 e. The van der Waals surface area contributed by atoms with Gasteiger partial charge in [-0.05, 0) is 108 Å². The minimum atomic E-state index is -0.0152. The SMILES string of the molecule is CC(C)(C)c1cc(-c2cccc3cccc(-c4ccccc4N(c4ccccc4-c4cccc5ccccc45)c4cccc5c4c4ccccc4n5-c4ccccc4)c23)cc(C(C)(C)C)c1. The van der Waals surface area contributed by atoms with Crippen molar-refractivity contribution in [3.05, 3.63) is 230 Å². The summed E-state index contributed by atoms with van der Waals surface area (Å²) in [6, 6.07) is 80.9. The third-order valence-corrected chi connectivity index (χ3v) is 13.5. The molecule has 0 saturated heterocycles. The molecule has 0 radical (unpaired) electrons. The monoisotopic (exact) mass is 850 g/mol. The molecule has 1 heterocycles. The van der Waals surface area contributed by atoms with Crippen LogP contribution >= 0.6 is 0 Å². The van der Waals surface area contributed by atoms with E-state index < -0.39 is 0 Å². The number of fused-ring (bicyclic) bond motifs is 5. The average molecular weight is 851 g/mol. The zero-order valence-corrected chi connectivity index (χ0v) is 38.7. The van der Waals surface area contributed by atoms with Gasteiger partial charge in [-0.25, -0.2) is 0 Å². The van der Waals surface area contributed by atoms with Crippen molar-refractivity contribution in [3.8, 4) is 39.1 Å². The molecule has 0 spiro atoms. The van der Waals surface area contributed by atoms with Crippen molar-refractivity contribution in [2.45, 2.75) is 52.4 Å². The van der Waals surface area contributed by atoms with Gasteiger partial charge in [0.1, 0.15) is 0 Å². The van der Waals surface area contributed by atoms with E-state index in [4.69, 9.17) is 0 Å². The number of benzene rings is 10. The van der Waals surface area contributed by atoms with E-state index in [0.29, 0.717) is 0 Å². The van der Waals surface area contributed by atoms with Gasteiger partial charge >= 0.3 is 0 Å². The number of anilines is 3. The lowest BCUT2D eigenvalue weighted by molar-refractivity contribution is 0.569. The number of hydrogen-bond donors (Lipinski definition) is 0. The number of para-hydroxylation sites is 4. The standard InChI is InChI=1S/C64H54N2/c1-63(2,3)46-40-45(41-47(42-46)64(4,5)6)50-32-19-24-44-25-20-34-54(61(44)50)53-30-13-16-36-57(53)66(56-35-15-12-29-52(56)51-33-18-23-43-22-10-11-28-49(43)51)60-39-21-38-59-62(60)55-31-14-17-37-58(55)65(59)48-26-8-7-9-27-48/h7-42H,1-6H3. The molecule has 0 aliphatic carbocycles. The molecule has 0 saturated carbocycles. The van der Waals surface area contributed by atoms with Gasteiger partial charge in [0.25, 0.3) is 0 Å². The molecule has 0 bridgehead atoms. The Hall–Kier alpha value is -7.68. The van der Waals surface area contributed by atoms with Crippen molar-refractivity contribution in [1.29, 1.82) is 0 Å². The van der Waals surface area contributed by atoms with E-state index >= 15 is 0 Å². The molecule has 2 heteroatoms. The van der Waals surface area contributed by atoms with Crippen LogP contribution < -0.4 is 4.90 Å². The molecule has 0 amide bonds. The molecule has 0 unspecified atom stereocenters. The van der Waals surface area contributed by atoms with Crippen LogP contribution in [0.25, 0.3) is 82.4 Å². The third-order valence-electron chi connectivity index (χ3n) is 13.5. The van der Waals surface area contributed by atoms with Crippen LogP contribution in [0.15, 0.2) is 218 Å². The summed E-state index contributed by atoms with van der Waals surface area (Å²) in [6.07, 6.45) is 0. The van der Waals surface area contributed by atoms with E-state index in [9.17, 15) is 0 Å². The van der Waals surface area contributed by atoms with Gasteiger partial charge in [0.05, 0.1) is 28.1 Å². The molecule has 66 heavy (non-hydrogen) atoms. The second-order valence-electron chi connectivity index (χ2n) is 19.8. The first-order chi connectivity index (χ1) is 32.0. The minimum absolute atomic E-state index is 0.0152. The predicted molar refractivity (Wildman–Crippen MR) is 284 cm³/mol. The highest BCUT2D eigenvalue weighted by Gasteiger charge is 2.27. The van der Waals surface area contributed by atoms with Gasteiger partial charge in [0.2, 0.25) is 0 Å². The first-order valence-corrected chi connectivity index (χ1v) is 23.3. The fraction of sp³-hybridized carbons (Fsp3) is 0.125. The zero-order valence-electron chi connectivity index (χ0n) is 38.7. The van der Waals surface area contributed by atoms with Crippen LogP contribution in [0.2, 0.25) is 0 Å². The first-order valence-electron chi connectivity index (χ1n) is 23.3. The van der Waals surface area contributed by atoms with E-state index in [1.807, 2.05) is 0 Å². The Morgan fingerprint density at radius 2 is 0.803 bits per heavy atom. The number of hydrogen-bond acceptors (Lipinski definition) is 1. The Morgan fingerprint density at radius 3 is 1.48 bits per heavy atom. The Kier molecular flexibility index (Phi) is 10.0. The quantitative estimate of drug-likeness (QED) is 0.155. The van der Waals surface area contributed by atoms with Gasteiger partial charge < -0.3 is 9.47 Å². The topological polar surface area (TPSA) is 8.17 Å². The average Bonchev–Trinajstić information content (AvgIpc) is 3.68. The predicted octanol–water partition coefficient (Wildman–Crippen LogP) is 18.2. The maximum atomic E-state index is 2.55. The lowest BCUT2D eigenvalue weighted by atomic mass is 9.78. The first kappa shape index (κ1) is 41.1. The molecule has 0 aliphatic rings. The second kappa shape index (κ2) is 16.1. The summed E-state index contributed by atoms with van der Waals surface area (Å²) in [5.74, 6) is 0. The van der Waals surface area contributed by atoms with Crippen LogP contribution in [-0.4, -0.2) is 4.57 Å². The van der Waals surface area contributed by atoms with Crippen LogP contribution in [0.3, 0.4) is 0 Å². The van der Waals surface area contributed by atoms with Gasteiger partial charge in [-0.3, -0.25) is 0 Å². The van der Waals surface area contributed by atoms with Gasteiger partial charge in [0, 0.05) is 27.6 Å². The summed E-state index contributed by atoms with van der Waals surface area (Å²) >= 11 is 0. The van der Waals surface area contributed by atoms with E-state index in [-0.39, 0.29) is 10.8 Å². The molecule has 0 N–H and O–H groups in total. The van der Waals surface area contributed by atoms with E-state index in [1.165, 1.54) is 76.8 Å². The summed E-state index contributed by atoms with van der Waals surface area (Å²) in [4.78, 5) is 2.55. The lowest BCUT2D eigenvalue weighted by Gasteiger charge is -2.31. The fourth-order valence-corrected chi connectivity index (χ4v) is 10.1. The second-order valence-corrected chi connectivity index (χ2v) is 19.8. The van der Waals surface area contributed by atoms with Crippen LogP contribution in [0, 0.1) is 0 Å². The number of rotatable bonds is 7. The van der Waals surface area contributed by atoms with Crippen LogP contribution in [0.4, 0.5) is 17.1 Å². The number of nitrogens with zero attached hydrogens (tertiary/aromatic N) is 2. The van der Waals surface area contributed by atoms with E-state index in [1.54, 1.807) is 0 Å². The normalized spacial score (nSPS) is 12.1. The molecular weight excluding hydrogens is 797 g/mol. The molecular formula is C64H54N2. The Morgan fingerprint density at radius 1 is 0.333 bits per heavy atom. The van der Waals surface area contributed by atoms with Crippen LogP contribution in [-0.2, 0) is 10.8 Å². The molecule has 1 aromatic heterocycles. The smallest absolute Gasteiger partial charge is 0.0562 e. The van der Waals surface area contributed by atoms with Crippen molar-refractivity contribution in [1.82, 2.24) is 4.57 Å². The van der Waals surface area contributed by atoms with Crippen molar-refractivity contribution in [3.63, 3.8) is 0 Å². The Balaban J connectivity index is 1.24. The maximum absolute atomic E-state index is 2.55. The van der Waals surface area contributed by atoms with Crippen LogP contribution in [0.5, 0.6) is 0 Å². The van der Waals surface area contributed by atoms with E-state index in [2.05, 4.69) is 269 Å².